The van der Waals surface area contributed by atoms with E-state index in [1.165, 1.54) is 17.8 Å². The summed E-state index contributed by atoms with van der Waals surface area (Å²) in [5.41, 5.74) is 0.121. The van der Waals surface area contributed by atoms with Gasteiger partial charge in [0.05, 0.1) is 5.54 Å². The van der Waals surface area contributed by atoms with Crippen molar-refractivity contribution in [1.29, 1.82) is 0 Å². The molecule has 2 atom stereocenters. The number of nitrogens with zero attached hydrogens (tertiary/aromatic N) is 2. The lowest BCUT2D eigenvalue weighted by atomic mass is 9.84. The number of piperidine rings is 1. The van der Waals surface area contributed by atoms with Gasteiger partial charge < -0.3 is 10.2 Å². The van der Waals surface area contributed by atoms with Gasteiger partial charge in [-0.05, 0) is 39.8 Å². The third kappa shape index (κ3) is 2.69. The summed E-state index contributed by atoms with van der Waals surface area (Å²) in [5, 5.41) is 7.12. The van der Waals surface area contributed by atoms with E-state index in [0.29, 0.717) is 6.04 Å². The number of likely N-dealkylation sites (tertiary alicyclic amines) is 1. The minimum absolute atomic E-state index is 0.121. The maximum absolute atomic E-state index is 4.56. The van der Waals surface area contributed by atoms with Crippen molar-refractivity contribution in [3.8, 4) is 0 Å². The number of rotatable bonds is 4. The predicted molar refractivity (Wildman–Crippen MR) is 73.4 cm³/mol. The topological polar surface area (TPSA) is 28.2 Å². The molecule has 96 valence electrons. The van der Waals surface area contributed by atoms with Gasteiger partial charge in [-0.15, -0.1) is 11.3 Å². The molecule has 0 spiro atoms. The maximum Gasteiger partial charge on any atom is 0.113 e. The molecule has 0 aromatic carbocycles. The Labute approximate surface area is 108 Å². The molecule has 2 heterocycles. The van der Waals surface area contributed by atoms with Gasteiger partial charge in [-0.2, -0.15) is 0 Å². The molecule has 17 heavy (non-hydrogen) atoms. The molecule has 1 N–H and O–H groups in total. The van der Waals surface area contributed by atoms with Crippen molar-refractivity contribution in [1.82, 2.24) is 15.2 Å². The van der Waals surface area contributed by atoms with E-state index >= 15 is 0 Å². The van der Waals surface area contributed by atoms with E-state index < -0.39 is 0 Å². The number of nitrogens with one attached hydrogen (secondary N) is 1. The molecule has 3 nitrogen and oxygen atoms in total. The molecule has 1 saturated heterocycles. The van der Waals surface area contributed by atoms with E-state index in [1.807, 2.05) is 6.20 Å². The molecule has 1 fully saturated rings. The van der Waals surface area contributed by atoms with Gasteiger partial charge in [0.25, 0.3) is 0 Å². The van der Waals surface area contributed by atoms with E-state index in [9.17, 15) is 0 Å². The zero-order valence-corrected chi connectivity index (χ0v) is 11.9. The van der Waals surface area contributed by atoms with Crippen molar-refractivity contribution in [3.63, 3.8) is 0 Å². The van der Waals surface area contributed by atoms with Crippen LogP contribution in [0.5, 0.6) is 0 Å². The molecule has 0 bridgehead atoms. The summed E-state index contributed by atoms with van der Waals surface area (Å²) in [6, 6.07) is 0.622. The fraction of sp³-hybridized carbons (Fsp3) is 0.769. The molecule has 0 saturated carbocycles. The lowest BCUT2D eigenvalue weighted by molar-refractivity contribution is 0.106. The fourth-order valence-corrected chi connectivity index (χ4v) is 3.46. The molecule has 2 rings (SSSR count). The van der Waals surface area contributed by atoms with Crippen molar-refractivity contribution in [2.75, 3.05) is 20.1 Å². The zero-order chi connectivity index (χ0) is 12.3. The Kier molecular flexibility index (Phi) is 4.17. The first kappa shape index (κ1) is 13.0. The van der Waals surface area contributed by atoms with E-state index in [-0.39, 0.29) is 5.54 Å². The standard InChI is InChI=1S/C13H23N3S/c1-4-6-15-13(12-14-7-9-17-12)5-8-16(3)11(2)10-13/h7,9,11,15H,4-6,8,10H2,1-3H3. The summed E-state index contributed by atoms with van der Waals surface area (Å²) in [7, 11) is 2.22. The lowest BCUT2D eigenvalue weighted by Gasteiger charge is -2.44. The molecular weight excluding hydrogens is 230 g/mol. The van der Waals surface area contributed by atoms with E-state index in [4.69, 9.17) is 0 Å². The molecule has 1 aliphatic heterocycles. The van der Waals surface area contributed by atoms with Crippen molar-refractivity contribution >= 4 is 11.3 Å². The molecule has 0 amide bonds. The van der Waals surface area contributed by atoms with Crippen LogP contribution in [-0.2, 0) is 5.54 Å². The predicted octanol–water partition coefficient (Wildman–Crippen LogP) is 2.45. The highest BCUT2D eigenvalue weighted by molar-refractivity contribution is 7.09. The van der Waals surface area contributed by atoms with Crippen LogP contribution in [0.25, 0.3) is 0 Å². The zero-order valence-electron chi connectivity index (χ0n) is 11.1. The normalized spacial score (nSPS) is 30.6. The SMILES string of the molecule is CCCNC1(c2nccs2)CCN(C)C(C)C1. The van der Waals surface area contributed by atoms with Crippen LogP contribution in [0.15, 0.2) is 11.6 Å². The Balaban J connectivity index is 2.19. The van der Waals surface area contributed by atoms with Crippen molar-refractivity contribution in [2.45, 2.75) is 44.7 Å². The summed E-state index contributed by atoms with van der Waals surface area (Å²) in [6.45, 7) is 6.77. The van der Waals surface area contributed by atoms with E-state index in [1.54, 1.807) is 11.3 Å². The summed E-state index contributed by atoms with van der Waals surface area (Å²) < 4.78 is 0. The Morgan fingerprint density at radius 2 is 2.47 bits per heavy atom. The van der Waals surface area contributed by atoms with Crippen LogP contribution in [-0.4, -0.2) is 36.1 Å². The molecule has 1 aromatic heterocycles. The summed E-state index contributed by atoms with van der Waals surface area (Å²) in [4.78, 5) is 7.01. The van der Waals surface area contributed by atoms with Crippen LogP contribution >= 0.6 is 11.3 Å². The Morgan fingerprint density at radius 1 is 1.65 bits per heavy atom. The van der Waals surface area contributed by atoms with Crippen molar-refractivity contribution in [2.24, 2.45) is 0 Å². The second kappa shape index (κ2) is 5.46. The van der Waals surface area contributed by atoms with Crippen LogP contribution in [0.4, 0.5) is 0 Å². The monoisotopic (exact) mass is 253 g/mol. The number of hydrogen-bond donors (Lipinski definition) is 1. The average Bonchev–Trinajstić information content (AvgIpc) is 2.85. The van der Waals surface area contributed by atoms with Crippen molar-refractivity contribution < 1.29 is 0 Å². The fourth-order valence-electron chi connectivity index (χ4n) is 2.60. The highest BCUT2D eigenvalue weighted by Gasteiger charge is 2.39. The van der Waals surface area contributed by atoms with Gasteiger partial charge in [0, 0.05) is 24.2 Å². The minimum atomic E-state index is 0.121. The third-order valence-corrected chi connectivity index (χ3v) is 4.82. The van der Waals surface area contributed by atoms with Crippen molar-refractivity contribution in [3.05, 3.63) is 16.6 Å². The summed E-state index contributed by atoms with van der Waals surface area (Å²) in [5.74, 6) is 0. The smallest absolute Gasteiger partial charge is 0.113 e. The largest absolute Gasteiger partial charge is 0.305 e. The minimum Gasteiger partial charge on any atom is -0.305 e. The lowest BCUT2D eigenvalue weighted by Crippen LogP contribution is -2.53. The molecule has 0 radical (unpaired) electrons. The molecule has 0 aliphatic carbocycles. The third-order valence-electron chi connectivity index (χ3n) is 3.84. The Hall–Kier alpha value is -0.450. The van der Waals surface area contributed by atoms with Crippen LogP contribution in [0.3, 0.4) is 0 Å². The first-order valence-corrected chi connectivity index (χ1v) is 7.41. The summed E-state index contributed by atoms with van der Waals surface area (Å²) >= 11 is 1.79. The molecular formula is C13H23N3S. The van der Waals surface area contributed by atoms with Crippen LogP contribution in [0.1, 0.15) is 38.1 Å². The first-order chi connectivity index (χ1) is 8.18. The van der Waals surface area contributed by atoms with Gasteiger partial charge in [0.2, 0.25) is 0 Å². The number of hydrogen-bond acceptors (Lipinski definition) is 4. The number of aromatic nitrogens is 1. The molecule has 1 aromatic rings. The molecule has 1 aliphatic rings. The quantitative estimate of drug-likeness (QED) is 0.893. The second-order valence-electron chi connectivity index (χ2n) is 5.13. The van der Waals surface area contributed by atoms with Gasteiger partial charge in [-0.25, -0.2) is 4.98 Å². The highest BCUT2D eigenvalue weighted by Crippen LogP contribution is 2.36. The molecule has 2 unspecified atom stereocenters. The summed E-state index contributed by atoms with van der Waals surface area (Å²) in [6.07, 6.45) is 5.44. The van der Waals surface area contributed by atoms with Gasteiger partial charge in [0.15, 0.2) is 0 Å². The van der Waals surface area contributed by atoms with Crippen LogP contribution in [0.2, 0.25) is 0 Å². The van der Waals surface area contributed by atoms with Gasteiger partial charge in [0.1, 0.15) is 5.01 Å². The Bertz CT molecular complexity index is 334. The molecule has 4 heteroatoms. The average molecular weight is 253 g/mol. The number of thiazole rings is 1. The van der Waals surface area contributed by atoms with Gasteiger partial charge >= 0.3 is 0 Å². The van der Waals surface area contributed by atoms with Crippen LogP contribution in [0, 0.1) is 0 Å². The second-order valence-corrected chi connectivity index (χ2v) is 6.02. The van der Waals surface area contributed by atoms with E-state index in [2.05, 4.69) is 41.5 Å². The van der Waals surface area contributed by atoms with E-state index in [0.717, 1.165) is 19.5 Å². The Morgan fingerprint density at radius 3 is 3.06 bits per heavy atom. The van der Waals surface area contributed by atoms with Crippen LogP contribution < -0.4 is 5.32 Å². The highest BCUT2D eigenvalue weighted by atomic mass is 32.1. The first-order valence-electron chi connectivity index (χ1n) is 6.53. The maximum atomic E-state index is 4.56. The van der Waals surface area contributed by atoms with Gasteiger partial charge in [-0.3, -0.25) is 0 Å². The van der Waals surface area contributed by atoms with Gasteiger partial charge in [-0.1, -0.05) is 6.92 Å².